The number of aliphatic hydroxyl groups is 1. The molecule has 2 nitrogen and oxygen atoms in total. The van der Waals surface area contributed by atoms with Crippen molar-refractivity contribution >= 4 is 15.9 Å². The van der Waals surface area contributed by atoms with Crippen LogP contribution in [0.3, 0.4) is 0 Å². The number of nitrogens with one attached hydrogen (secondary N) is 1. The third kappa shape index (κ3) is 3.85. The van der Waals surface area contributed by atoms with Crippen LogP contribution in [0.25, 0.3) is 0 Å². The van der Waals surface area contributed by atoms with Gasteiger partial charge in [0.05, 0.1) is 4.47 Å². The summed E-state index contributed by atoms with van der Waals surface area (Å²) in [6.07, 6.45) is 0. The minimum Gasteiger partial charge on any atom is -0.396 e. The van der Waals surface area contributed by atoms with E-state index >= 15 is 0 Å². The minimum atomic E-state index is -0.248. The van der Waals surface area contributed by atoms with Crippen LogP contribution in [0.4, 0.5) is 4.39 Å². The van der Waals surface area contributed by atoms with Crippen LogP contribution in [-0.2, 0) is 6.54 Å². The molecule has 0 radical (unpaired) electrons. The van der Waals surface area contributed by atoms with Gasteiger partial charge < -0.3 is 10.4 Å². The molecule has 16 heavy (non-hydrogen) atoms. The maximum Gasteiger partial charge on any atom is 0.137 e. The number of hydrogen-bond acceptors (Lipinski definition) is 2. The van der Waals surface area contributed by atoms with Gasteiger partial charge in [-0.3, -0.25) is 0 Å². The van der Waals surface area contributed by atoms with Gasteiger partial charge in [-0.05, 0) is 46.5 Å². The molecule has 1 rings (SSSR count). The van der Waals surface area contributed by atoms with Crippen molar-refractivity contribution in [1.29, 1.82) is 0 Å². The van der Waals surface area contributed by atoms with Gasteiger partial charge in [-0.15, -0.1) is 0 Å². The zero-order valence-corrected chi connectivity index (χ0v) is 11.1. The van der Waals surface area contributed by atoms with Crippen LogP contribution in [0.5, 0.6) is 0 Å². The lowest BCUT2D eigenvalue weighted by Crippen LogP contribution is -2.33. The summed E-state index contributed by atoms with van der Waals surface area (Å²) in [6.45, 7) is 4.74. The largest absolute Gasteiger partial charge is 0.396 e. The van der Waals surface area contributed by atoms with E-state index in [1.54, 1.807) is 6.07 Å². The molecule has 0 aromatic heterocycles. The summed E-state index contributed by atoms with van der Waals surface area (Å²) >= 11 is 3.12. The molecule has 2 atom stereocenters. The monoisotopic (exact) mass is 289 g/mol. The van der Waals surface area contributed by atoms with Crippen molar-refractivity contribution < 1.29 is 9.50 Å². The van der Waals surface area contributed by atoms with Crippen molar-refractivity contribution in [1.82, 2.24) is 5.32 Å². The molecule has 0 fully saturated rings. The van der Waals surface area contributed by atoms with Crippen molar-refractivity contribution in [3.63, 3.8) is 0 Å². The van der Waals surface area contributed by atoms with Crippen molar-refractivity contribution in [2.45, 2.75) is 26.4 Å². The molecule has 2 N–H and O–H groups in total. The van der Waals surface area contributed by atoms with Crippen LogP contribution < -0.4 is 5.32 Å². The Morgan fingerprint density at radius 2 is 2.12 bits per heavy atom. The molecule has 1 aromatic rings. The lowest BCUT2D eigenvalue weighted by molar-refractivity contribution is 0.207. The third-order valence-electron chi connectivity index (χ3n) is 2.75. The Bertz CT molecular complexity index is 346. The first-order valence-electron chi connectivity index (χ1n) is 5.32. The van der Waals surface area contributed by atoms with Gasteiger partial charge in [0.25, 0.3) is 0 Å². The molecule has 2 unspecified atom stereocenters. The Hall–Kier alpha value is -0.450. The van der Waals surface area contributed by atoms with Gasteiger partial charge in [-0.2, -0.15) is 0 Å². The van der Waals surface area contributed by atoms with Crippen molar-refractivity contribution in [3.8, 4) is 0 Å². The summed E-state index contributed by atoms with van der Waals surface area (Å²) in [5, 5.41) is 12.2. The Morgan fingerprint density at radius 3 is 2.69 bits per heavy atom. The molecule has 90 valence electrons. The van der Waals surface area contributed by atoms with Gasteiger partial charge >= 0.3 is 0 Å². The van der Waals surface area contributed by atoms with Gasteiger partial charge in [-0.25, -0.2) is 4.39 Å². The zero-order valence-electron chi connectivity index (χ0n) is 9.50. The average molecular weight is 290 g/mol. The Kier molecular flexibility index (Phi) is 5.38. The smallest absolute Gasteiger partial charge is 0.137 e. The summed E-state index contributed by atoms with van der Waals surface area (Å²) in [7, 11) is 0. The van der Waals surface area contributed by atoms with Gasteiger partial charge in [0.1, 0.15) is 5.82 Å². The third-order valence-corrected chi connectivity index (χ3v) is 3.40. The van der Waals surface area contributed by atoms with Crippen LogP contribution in [-0.4, -0.2) is 17.8 Å². The first-order chi connectivity index (χ1) is 7.54. The average Bonchev–Trinajstić information content (AvgIpc) is 2.29. The molecule has 0 amide bonds. The lowest BCUT2D eigenvalue weighted by atomic mass is 10.0. The standard InChI is InChI=1S/C12H17BrFNO/c1-8(7-16)9(2)15-6-10-3-4-11(13)12(14)5-10/h3-5,8-9,15-16H,6-7H2,1-2H3. The fourth-order valence-electron chi connectivity index (χ4n) is 1.29. The van der Waals surface area contributed by atoms with Gasteiger partial charge in [-0.1, -0.05) is 13.0 Å². The number of aliphatic hydroxyl groups excluding tert-OH is 1. The maximum atomic E-state index is 13.2. The molecule has 0 saturated heterocycles. The van der Waals surface area contributed by atoms with Crippen LogP contribution in [0.1, 0.15) is 19.4 Å². The molecule has 0 aliphatic rings. The highest BCUT2D eigenvalue weighted by atomic mass is 79.9. The summed E-state index contributed by atoms with van der Waals surface area (Å²) in [4.78, 5) is 0. The van der Waals surface area contributed by atoms with Crippen molar-refractivity contribution in [3.05, 3.63) is 34.1 Å². The quantitative estimate of drug-likeness (QED) is 0.874. The van der Waals surface area contributed by atoms with Gasteiger partial charge in [0.15, 0.2) is 0 Å². The Labute approximate surface area is 104 Å². The molecule has 4 heteroatoms. The highest BCUT2D eigenvalue weighted by Gasteiger charge is 2.10. The van der Waals surface area contributed by atoms with Crippen LogP contribution in [0.2, 0.25) is 0 Å². The van der Waals surface area contributed by atoms with Crippen LogP contribution >= 0.6 is 15.9 Å². The normalized spacial score (nSPS) is 14.8. The van der Waals surface area contributed by atoms with Gasteiger partial charge in [0.2, 0.25) is 0 Å². The first kappa shape index (κ1) is 13.6. The van der Waals surface area contributed by atoms with Crippen LogP contribution in [0, 0.1) is 11.7 Å². The van der Waals surface area contributed by atoms with E-state index in [0.29, 0.717) is 11.0 Å². The van der Waals surface area contributed by atoms with Crippen molar-refractivity contribution in [2.75, 3.05) is 6.61 Å². The van der Waals surface area contributed by atoms with E-state index in [9.17, 15) is 4.39 Å². The summed E-state index contributed by atoms with van der Waals surface area (Å²) in [6, 6.07) is 5.29. The molecule has 0 aliphatic heterocycles. The highest BCUT2D eigenvalue weighted by molar-refractivity contribution is 9.10. The Balaban J connectivity index is 2.51. The second-order valence-electron chi connectivity index (χ2n) is 4.08. The number of hydrogen-bond donors (Lipinski definition) is 2. The van der Waals surface area contributed by atoms with E-state index in [1.165, 1.54) is 6.07 Å². The molecular weight excluding hydrogens is 273 g/mol. The van der Waals surface area contributed by atoms with Gasteiger partial charge in [0, 0.05) is 19.2 Å². The lowest BCUT2D eigenvalue weighted by Gasteiger charge is -2.19. The predicted molar refractivity (Wildman–Crippen MR) is 66.7 cm³/mol. The fourth-order valence-corrected chi connectivity index (χ4v) is 1.53. The second kappa shape index (κ2) is 6.33. The first-order valence-corrected chi connectivity index (χ1v) is 6.12. The summed E-state index contributed by atoms with van der Waals surface area (Å²) in [5.74, 6) is -0.0533. The molecule has 0 aliphatic carbocycles. The molecule has 0 spiro atoms. The summed E-state index contributed by atoms with van der Waals surface area (Å²) in [5.41, 5.74) is 0.901. The minimum absolute atomic E-state index is 0.156. The molecule has 0 bridgehead atoms. The second-order valence-corrected chi connectivity index (χ2v) is 4.93. The zero-order chi connectivity index (χ0) is 12.1. The molecular formula is C12H17BrFNO. The van der Waals surface area contributed by atoms with Crippen molar-refractivity contribution in [2.24, 2.45) is 5.92 Å². The van der Waals surface area contributed by atoms with E-state index in [4.69, 9.17) is 5.11 Å². The van der Waals surface area contributed by atoms with E-state index in [-0.39, 0.29) is 24.4 Å². The fraction of sp³-hybridized carbons (Fsp3) is 0.500. The Morgan fingerprint density at radius 1 is 1.44 bits per heavy atom. The van der Waals surface area contributed by atoms with E-state index in [0.717, 1.165) is 5.56 Å². The SMILES string of the molecule is CC(CO)C(C)NCc1ccc(Br)c(F)c1. The number of rotatable bonds is 5. The van der Waals surface area contributed by atoms with E-state index in [1.807, 2.05) is 19.9 Å². The summed E-state index contributed by atoms with van der Waals surface area (Å²) < 4.78 is 13.7. The number of halogens is 2. The predicted octanol–water partition coefficient (Wildman–Crippen LogP) is 2.69. The molecule has 0 heterocycles. The molecule has 0 saturated carbocycles. The highest BCUT2D eigenvalue weighted by Crippen LogP contribution is 2.16. The topological polar surface area (TPSA) is 32.3 Å². The van der Waals surface area contributed by atoms with Crippen LogP contribution in [0.15, 0.2) is 22.7 Å². The maximum absolute atomic E-state index is 13.2. The molecule has 1 aromatic carbocycles. The van der Waals surface area contributed by atoms with E-state index in [2.05, 4.69) is 21.2 Å². The van der Waals surface area contributed by atoms with E-state index < -0.39 is 0 Å². The number of benzene rings is 1.